The summed E-state index contributed by atoms with van der Waals surface area (Å²) in [7, 11) is -3.70. The van der Waals surface area contributed by atoms with E-state index in [1.165, 1.54) is 24.5 Å². The fourth-order valence-electron chi connectivity index (χ4n) is 1.48. The Morgan fingerprint density at radius 2 is 2.16 bits per heavy atom. The average molecular weight is 302 g/mol. The van der Waals surface area contributed by atoms with E-state index >= 15 is 0 Å². The normalized spacial score (nSPS) is 13.4. The van der Waals surface area contributed by atoms with Crippen LogP contribution in [0.15, 0.2) is 33.8 Å². The first-order valence-electron chi connectivity index (χ1n) is 5.45. The van der Waals surface area contributed by atoms with Gasteiger partial charge in [-0.1, -0.05) is 11.6 Å². The molecular formula is C11H12ClN3O3S. The van der Waals surface area contributed by atoms with E-state index in [-0.39, 0.29) is 10.0 Å². The van der Waals surface area contributed by atoms with E-state index in [2.05, 4.69) is 14.7 Å². The molecule has 1 unspecified atom stereocenters. The van der Waals surface area contributed by atoms with Gasteiger partial charge in [-0.2, -0.15) is 4.72 Å². The third-order valence-electron chi connectivity index (χ3n) is 2.35. The van der Waals surface area contributed by atoms with Gasteiger partial charge in [0.2, 0.25) is 15.9 Å². The van der Waals surface area contributed by atoms with Crippen molar-refractivity contribution in [2.24, 2.45) is 0 Å². The van der Waals surface area contributed by atoms with E-state index in [9.17, 15) is 8.42 Å². The molecule has 0 aromatic carbocycles. The maximum absolute atomic E-state index is 12.1. The second kappa shape index (κ2) is 5.28. The van der Waals surface area contributed by atoms with Crippen molar-refractivity contribution in [3.63, 3.8) is 0 Å². The SMILES string of the molecule is Cc1cnc(C(C)NS(=O)(=O)c2ccnc(Cl)c2)o1. The van der Waals surface area contributed by atoms with E-state index in [0.717, 1.165) is 0 Å². The molecule has 6 nitrogen and oxygen atoms in total. The largest absolute Gasteiger partial charge is 0.444 e. The Morgan fingerprint density at radius 3 is 2.74 bits per heavy atom. The zero-order valence-corrected chi connectivity index (χ0v) is 11.9. The van der Waals surface area contributed by atoms with Crippen molar-refractivity contribution in [2.45, 2.75) is 24.8 Å². The number of halogens is 1. The van der Waals surface area contributed by atoms with Crippen LogP contribution in [0.25, 0.3) is 0 Å². The lowest BCUT2D eigenvalue weighted by Crippen LogP contribution is -2.27. The van der Waals surface area contributed by atoms with Gasteiger partial charge in [0, 0.05) is 6.20 Å². The summed E-state index contributed by atoms with van der Waals surface area (Å²) in [6.45, 7) is 3.38. The molecule has 0 aliphatic carbocycles. The van der Waals surface area contributed by atoms with Crippen molar-refractivity contribution >= 4 is 21.6 Å². The Kier molecular flexibility index (Phi) is 3.88. The van der Waals surface area contributed by atoms with Crippen molar-refractivity contribution in [3.05, 3.63) is 41.3 Å². The molecule has 102 valence electrons. The van der Waals surface area contributed by atoms with E-state index in [1.54, 1.807) is 13.8 Å². The number of nitrogens with zero attached hydrogens (tertiary/aromatic N) is 2. The summed E-state index contributed by atoms with van der Waals surface area (Å²) < 4.78 is 31.9. The standard InChI is InChI=1S/C11H12ClN3O3S/c1-7-6-14-11(18-7)8(2)15-19(16,17)9-3-4-13-10(12)5-9/h3-6,8,15H,1-2H3. The molecule has 2 aromatic heterocycles. The summed E-state index contributed by atoms with van der Waals surface area (Å²) in [5.74, 6) is 0.925. The molecule has 0 amide bonds. The molecular weight excluding hydrogens is 290 g/mol. The highest BCUT2D eigenvalue weighted by atomic mass is 35.5. The number of rotatable bonds is 4. The number of sulfonamides is 1. The van der Waals surface area contributed by atoms with Crippen LogP contribution in [0, 0.1) is 6.92 Å². The summed E-state index contributed by atoms with van der Waals surface area (Å²) in [5, 5.41) is 0.113. The van der Waals surface area contributed by atoms with Crippen LogP contribution in [0.3, 0.4) is 0 Å². The van der Waals surface area contributed by atoms with Crippen LogP contribution >= 0.6 is 11.6 Å². The number of pyridine rings is 1. The van der Waals surface area contributed by atoms with Gasteiger partial charge in [-0.15, -0.1) is 0 Å². The zero-order valence-electron chi connectivity index (χ0n) is 10.3. The number of hydrogen-bond acceptors (Lipinski definition) is 5. The van der Waals surface area contributed by atoms with Crippen LogP contribution in [-0.2, 0) is 10.0 Å². The van der Waals surface area contributed by atoms with Crippen LogP contribution in [0.1, 0.15) is 24.6 Å². The van der Waals surface area contributed by atoms with Crippen LogP contribution in [0.5, 0.6) is 0 Å². The first kappa shape index (κ1) is 14.0. The monoisotopic (exact) mass is 301 g/mol. The molecule has 0 radical (unpaired) electrons. The smallest absolute Gasteiger partial charge is 0.241 e. The second-order valence-corrected chi connectivity index (χ2v) is 6.07. The van der Waals surface area contributed by atoms with Crippen molar-refractivity contribution in [2.75, 3.05) is 0 Å². The molecule has 2 heterocycles. The predicted molar refractivity (Wildman–Crippen MR) is 69.2 cm³/mol. The van der Waals surface area contributed by atoms with Crippen molar-refractivity contribution in [3.8, 4) is 0 Å². The topological polar surface area (TPSA) is 85.1 Å². The quantitative estimate of drug-likeness (QED) is 0.874. The summed E-state index contributed by atoms with van der Waals surface area (Å²) in [6.07, 6.45) is 2.86. The highest BCUT2D eigenvalue weighted by molar-refractivity contribution is 7.89. The van der Waals surface area contributed by atoms with Gasteiger partial charge in [0.25, 0.3) is 0 Å². The fraction of sp³-hybridized carbons (Fsp3) is 0.273. The van der Waals surface area contributed by atoms with Gasteiger partial charge < -0.3 is 4.42 Å². The number of hydrogen-bond donors (Lipinski definition) is 1. The number of aromatic nitrogens is 2. The molecule has 0 aliphatic rings. The van der Waals surface area contributed by atoms with Gasteiger partial charge in [-0.3, -0.25) is 0 Å². The molecule has 0 fully saturated rings. The lowest BCUT2D eigenvalue weighted by molar-refractivity contribution is 0.428. The van der Waals surface area contributed by atoms with Gasteiger partial charge in [-0.25, -0.2) is 18.4 Å². The van der Waals surface area contributed by atoms with Crippen LogP contribution in [0.4, 0.5) is 0 Å². The fourth-order valence-corrected chi connectivity index (χ4v) is 2.92. The van der Waals surface area contributed by atoms with Gasteiger partial charge >= 0.3 is 0 Å². The third-order valence-corrected chi connectivity index (χ3v) is 4.09. The highest BCUT2D eigenvalue weighted by Crippen LogP contribution is 2.18. The van der Waals surface area contributed by atoms with Gasteiger partial charge in [0.05, 0.1) is 17.1 Å². The van der Waals surface area contributed by atoms with E-state index in [1.807, 2.05) is 0 Å². The Labute approximate surface area is 115 Å². The summed E-state index contributed by atoms with van der Waals surface area (Å²) in [4.78, 5) is 7.76. The Morgan fingerprint density at radius 1 is 1.42 bits per heavy atom. The molecule has 0 saturated heterocycles. The zero-order chi connectivity index (χ0) is 14.0. The number of oxazole rings is 1. The van der Waals surface area contributed by atoms with E-state index < -0.39 is 16.1 Å². The summed E-state index contributed by atoms with van der Waals surface area (Å²) >= 11 is 5.67. The molecule has 0 aliphatic heterocycles. The molecule has 0 bridgehead atoms. The molecule has 2 aromatic rings. The Hall–Kier alpha value is -1.44. The molecule has 0 spiro atoms. The summed E-state index contributed by atoms with van der Waals surface area (Å²) in [6, 6.07) is 2.06. The first-order valence-corrected chi connectivity index (χ1v) is 7.31. The first-order chi connectivity index (χ1) is 8.88. The minimum absolute atomic E-state index is 0.0441. The van der Waals surface area contributed by atoms with Gasteiger partial charge in [0.1, 0.15) is 10.9 Å². The summed E-state index contributed by atoms with van der Waals surface area (Å²) in [5.41, 5.74) is 0. The highest BCUT2D eigenvalue weighted by Gasteiger charge is 2.21. The predicted octanol–water partition coefficient (Wildman–Crippen LogP) is 2.07. The van der Waals surface area contributed by atoms with Crippen molar-refractivity contribution in [1.82, 2.24) is 14.7 Å². The lowest BCUT2D eigenvalue weighted by Gasteiger charge is -2.11. The Balaban J connectivity index is 2.22. The van der Waals surface area contributed by atoms with Crippen molar-refractivity contribution < 1.29 is 12.8 Å². The average Bonchev–Trinajstić information content (AvgIpc) is 2.75. The minimum Gasteiger partial charge on any atom is -0.444 e. The number of aryl methyl sites for hydroxylation is 1. The van der Waals surface area contributed by atoms with Crippen molar-refractivity contribution in [1.29, 1.82) is 0 Å². The maximum atomic E-state index is 12.1. The van der Waals surface area contributed by atoms with Crippen LogP contribution in [0.2, 0.25) is 5.15 Å². The van der Waals surface area contributed by atoms with E-state index in [4.69, 9.17) is 16.0 Å². The van der Waals surface area contributed by atoms with E-state index in [0.29, 0.717) is 11.7 Å². The lowest BCUT2D eigenvalue weighted by atomic mass is 10.4. The third kappa shape index (κ3) is 3.31. The maximum Gasteiger partial charge on any atom is 0.241 e. The molecule has 0 saturated carbocycles. The molecule has 1 atom stereocenters. The van der Waals surface area contributed by atoms with Gasteiger partial charge in [0.15, 0.2) is 0 Å². The number of nitrogens with one attached hydrogen (secondary N) is 1. The minimum atomic E-state index is -3.70. The molecule has 8 heteroatoms. The van der Waals surface area contributed by atoms with Gasteiger partial charge in [-0.05, 0) is 26.0 Å². The molecule has 1 N–H and O–H groups in total. The second-order valence-electron chi connectivity index (χ2n) is 3.97. The molecule has 2 rings (SSSR count). The Bertz CT molecular complexity index is 684. The molecule has 19 heavy (non-hydrogen) atoms. The van der Waals surface area contributed by atoms with Crippen LogP contribution < -0.4 is 4.72 Å². The van der Waals surface area contributed by atoms with Crippen LogP contribution in [-0.4, -0.2) is 18.4 Å².